The van der Waals surface area contributed by atoms with Crippen LogP contribution in [0.4, 0.5) is 0 Å². The first kappa shape index (κ1) is 19.5. The van der Waals surface area contributed by atoms with Gasteiger partial charge < -0.3 is 14.2 Å². The predicted molar refractivity (Wildman–Crippen MR) is 104 cm³/mol. The van der Waals surface area contributed by atoms with Gasteiger partial charge in [0, 0.05) is 5.56 Å². The van der Waals surface area contributed by atoms with Crippen LogP contribution in [0.15, 0.2) is 53.0 Å². The van der Waals surface area contributed by atoms with Gasteiger partial charge in [-0.1, -0.05) is 37.0 Å². The Morgan fingerprint density at radius 2 is 1.60 bits per heavy atom. The topological polar surface area (TPSA) is 27.7 Å². The molecule has 0 saturated heterocycles. The SMILES string of the molecule is CCOc1ccc(Oc2ccc(OCC=C(Cl)Cl)c(C(C)C)c2)cc1. The zero-order valence-corrected chi connectivity index (χ0v) is 16.1. The van der Waals surface area contributed by atoms with E-state index in [4.69, 9.17) is 37.4 Å². The fourth-order valence-corrected chi connectivity index (χ4v) is 2.40. The monoisotopic (exact) mass is 380 g/mol. The average Bonchev–Trinajstić information content (AvgIpc) is 2.57. The van der Waals surface area contributed by atoms with Gasteiger partial charge in [-0.05, 0) is 61.4 Å². The average molecular weight is 381 g/mol. The maximum Gasteiger partial charge on any atom is 0.127 e. The highest BCUT2D eigenvalue weighted by molar-refractivity contribution is 6.55. The molecule has 0 aliphatic carbocycles. The van der Waals surface area contributed by atoms with Crippen molar-refractivity contribution in [1.29, 1.82) is 0 Å². The van der Waals surface area contributed by atoms with Crippen LogP contribution in [-0.2, 0) is 0 Å². The summed E-state index contributed by atoms with van der Waals surface area (Å²) in [5.74, 6) is 3.41. The molecule has 0 amide bonds. The van der Waals surface area contributed by atoms with Crippen molar-refractivity contribution in [2.45, 2.75) is 26.7 Å². The largest absolute Gasteiger partial charge is 0.494 e. The first-order chi connectivity index (χ1) is 12.0. The van der Waals surface area contributed by atoms with Crippen LogP contribution in [0.25, 0.3) is 0 Å². The van der Waals surface area contributed by atoms with E-state index in [-0.39, 0.29) is 10.4 Å². The minimum absolute atomic E-state index is 0.196. The van der Waals surface area contributed by atoms with Crippen LogP contribution < -0.4 is 14.2 Å². The van der Waals surface area contributed by atoms with Gasteiger partial charge in [0.15, 0.2) is 0 Å². The Balaban J connectivity index is 2.13. The van der Waals surface area contributed by atoms with E-state index >= 15 is 0 Å². The third-order valence-corrected chi connectivity index (χ3v) is 3.76. The third-order valence-electron chi connectivity index (χ3n) is 3.45. The molecule has 134 valence electrons. The molecule has 2 aromatic rings. The molecule has 0 aliphatic heterocycles. The minimum Gasteiger partial charge on any atom is -0.494 e. The van der Waals surface area contributed by atoms with Crippen molar-refractivity contribution in [2.24, 2.45) is 0 Å². The van der Waals surface area contributed by atoms with Crippen molar-refractivity contribution in [2.75, 3.05) is 13.2 Å². The van der Waals surface area contributed by atoms with Crippen molar-refractivity contribution in [3.05, 3.63) is 58.6 Å². The summed E-state index contributed by atoms with van der Waals surface area (Å²) in [6.07, 6.45) is 1.61. The van der Waals surface area contributed by atoms with Crippen LogP contribution in [0.5, 0.6) is 23.0 Å². The Morgan fingerprint density at radius 1 is 0.960 bits per heavy atom. The zero-order chi connectivity index (χ0) is 18.2. The first-order valence-corrected chi connectivity index (χ1v) is 8.93. The summed E-state index contributed by atoms with van der Waals surface area (Å²) in [5.41, 5.74) is 1.06. The fraction of sp³-hybridized carbons (Fsp3) is 0.300. The van der Waals surface area contributed by atoms with Crippen molar-refractivity contribution >= 4 is 23.2 Å². The molecule has 0 radical (unpaired) electrons. The van der Waals surface area contributed by atoms with Crippen molar-refractivity contribution < 1.29 is 14.2 Å². The quantitative estimate of drug-likeness (QED) is 0.509. The van der Waals surface area contributed by atoms with Gasteiger partial charge >= 0.3 is 0 Å². The van der Waals surface area contributed by atoms with Gasteiger partial charge in [0.2, 0.25) is 0 Å². The molecule has 25 heavy (non-hydrogen) atoms. The van der Waals surface area contributed by atoms with Crippen molar-refractivity contribution in [3.63, 3.8) is 0 Å². The van der Waals surface area contributed by atoms with E-state index in [0.717, 1.165) is 28.6 Å². The molecule has 0 atom stereocenters. The molecule has 0 bridgehead atoms. The van der Waals surface area contributed by atoms with E-state index in [1.165, 1.54) is 0 Å². The Kier molecular flexibility index (Phi) is 7.48. The van der Waals surface area contributed by atoms with Crippen LogP contribution in [0, 0.1) is 0 Å². The smallest absolute Gasteiger partial charge is 0.127 e. The highest BCUT2D eigenvalue weighted by Crippen LogP contribution is 2.33. The summed E-state index contributed by atoms with van der Waals surface area (Å²) in [6.45, 7) is 7.13. The van der Waals surface area contributed by atoms with E-state index in [2.05, 4.69) is 13.8 Å². The van der Waals surface area contributed by atoms with Gasteiger partial charge in [-0.3, -0.25) is 0 Å². The molecule has 5 heteroatoms. The normalized spacial score (nSPS) is 10.5. The van der Waals surface area contributed by atoms with Gasteiger partial charge in [0.25, 0.3) is 0 Å². The van der Waals surface area contributed by atoms with E-state index in [9.17, 15) is 0 Å². The molecule has 0 spiro atoms. The van der Waals surface area contributed by atoms with Gasteiger partial charge in [-0.15, -0.1) is 0 Å². The minimum atomic E-state index is 0.196. The lowest BCUT2D eigenvalue weighted by Gasteiger charge is -2.15. The van der Waals surface area contributed by atoms with E-state index < -0.39 is 0 Å². The molecular formula is C20H22Cl2O3. The predicted octanol–water partition coefficient (Wildman–Crippen LogP) is 6.70. The Labute approximate surface area is 159 Å². The lowest BCUT2D eigenvalue weighted by molar-refractivity contribution is 0.339. The molecule has 2 rings (SSSR count). The van der Waals surface area contributed by atoms with E-state index in [1.807, 2.05) is 49.4 Å². The molecule has 2 aromatic carbocycles. The molecule has 0 heterocycles. The summed E-state index contributed by atoms with van der Waals surface area (Å²) >= 11 is 11.2. The maximum atomic E-state index is 5.93. The molecular weight excluding hydrogens is 359 g/mol. The summed E-state index contributed by atoms with van der Waals surface area (Å²) in [6, 6.07) is 13.3. The fourth-order valence-electron chi connectivity index (χ4n) is 2.27. The summed E-state index contributed by atoms with van der Waals surface area (Å²) in [4.78, 5) is 0. The summed E-state index contributed by atoms with van der Waals surface area (Å²) in [7, 11) is 0. The molecule has 3 nitrogen and oxygen atoms in total. The van der Waals surface area contributed by atoms with E-state index in [0.29, 0.717) is 13.2 Å². The Morgan fingerprint density at radius 3 is 2.20 bits per heavy atom. The van der Waals surface area contributed by atoms with Crippen molar-refractivity contribution in [3.8, 4) is 23.0 Å². The van der Waals surface area contributed by atoms with Gasteiger partial charge in [-0.2, -0.15) is 0 Å². The molecule has 0 N–H and O–H groups in total. The molecule has 0 saturated carbocycles. The first-order valence-electron chi connectivity index (χ1n) is 8.18. The second-order valence-electron chi connectivity index (χ2n) is 5.67. The number of benzene rings is 2. The van der Waals surface area contributed by atoms with Crippen LogP contribution in [-0.4, -0.2) is 13.2 Å². The third kappa shape index (κ3) is 6.18. The zero-order valence-electron chi connectivity index (χ0n) is 14.6. The number of halogens is 2. The van der Waals surface area contributed by atoms with Gasteiger partial charge in [-0.25, -0.2) is 0 Å². The molecule has 0 fully saturated rings. The number of hydrogen-bond acceptors (Lipinski definition) is 3. The number of ether oxygens (including phenoxy) is 3. The molecule has 0 aliphatic rings. The second-order valence-corrected chi connectivity index (χ2v) is 6.67. The summed E-state index contributed by atoms with van der Waals surface area (Å²) < 4.78 is 17.3. The number of rotatable bonds is 8. The number of hydrogen-bond donors (Lipinski definition) is 0. The lowest BCUT2D eigenvalue weighted by atomic mass is 10.0. The Bertz CT molecular complexity index is 705. The van der Waals surface area contributed by atoms with Gasteiger partial charge in [0.1, 0.15) is 34.1 Å². The summed E-state index contributed by atoms with van der Waals surface area (Å²) in [5, 5.41) is 0. The standard InChI is InChI=1S/C20H22Cl2O3/c1-4-23-15-5-7-16(8-6-15)25-17-9-10-19(18(13-17)14(2)3)24-12-11-20(21)22/h5-11,13-14H,4,12H2,1-3H3. The van der Waals surface area contributed by atoms with Crippen LogP contribution >= 0.6 is 23.2 Å². The highest BCUT2D eigenvalue weighted by Gasteiger charge is 2.10. The van der Waals surface area contributed by atoms with Gasteiger partial charge in [0.05, 0.1) is 6.61 Å². The van der Waals surface area contributed by atoms with Crippen LogP contribution in [0.2, 0.25) is 0 Å². The highest BCUT2D eigenvalue weighted by atomic mass is 35.5. The second kappa shape index (κ2) is 9.59. The molecule has 0 aromatic heterocycles. The molecule has 0 unspecified atom stereocenters. The van der Waals surface area contributed by atoms with Crippen LogP contribution in [0.3, 0.4) is 0 Å². The van der Waals surface area contributed by atoms with Crippen molar-refractivity contribution in [1.82, 2.24) is 0 Å². The maximum absolute atomic E-state index is 5.93. The van der Waals surface area contributed by atoms with Crippen LogP contribution in [0.1, 0.15) is 32.3 Å². The lowest BCUT2D eigenvalue weighted by Crippen LogP contribution is -2.00. The van der Waals surface area contributed by atoms with E-state index in [1.54, 1.807) is 6.08 Å². The Hall–Kier alpha value is -1.84.